The average molecular weight is 354 g/mol. The van der Waals surface area contributed by atoms with Crippen LogP contribution >= 0.6 is 15.9 Å². The molecule has 1 atom stereocenters. The van der Waals surface area contributed by atoms with Crippen molar-refractivity contribution in [2.75, 3.05) is 38.1 Å². The van der Waals surface area contributed by atoms with Crippen LogP contribution in [0.4, 0.5) is 5.69 Å². The molecule has 0 saturated carbocycles. The molecule has 1 fully saturated rings. The standard InChI is InChI=1S/C16H24BrN3O/c1-4-7-18-12(2)14-10-13(17)5-6-15(14)20-9-8-19(3)16(21)11-20/h5-6,10,12,18H,4,7-9,11H2,1-3H3. The highest BCUT2D eigenvalue weighted by Crippen LogP contribution is 2.30. The van der Waals surface area contributed by atoms with Crippen molar-refractivity contribution in [3.63, 3.8) is 0 Å². The number of carbonyl (C=O) groups is 1. The monoisotopic (exact) mass is 353 g/mol. The van der Waals surface area contributed by atoms with Gasteiger partial charge in [-0.15, -0.1) is 0 Å². The Kier molecular flexibility index (Phi) is 5.65. The van der Waals surface area contributed by atoms with E-state index in [9.17, 15) is 4.79 Å². The number of anilines is 1. The highest BCUT2D eigenvalue weighted by atomic mass is 79.9. The van der Waals surface area contributed by atoms with Gasteiger partial charge in [0.2, 0.25) is 5.91 Å². The Hall–Kier alpha value is -1.07. The lowest BCUT2D eigenvalue weighted by molar-refractivity contribution is -0.129. The normalized spacial score (nSPS) is 17.2. The summed E-state index contributed by atoms with van der Waals surface area (Å²) in [5.41, 5.74) is 2.41. The molecule has 0 bridgehead atoms. The molecular formula is C16H24BrN3O. The third-order valence-electron chi connectivity index (χ3n) is 3.95. The minimum Gasteiger partial charge on any atom is -0.360 e. The van der Waals surface area contributed by atoms with Gasteiger partial charge in [0.25, 0.3) is 0 Å². The van der Waals surface area contributed by atoms with Gasteiger partial charge in [0.05, 0.1) is 6.54 Å². The van der Waals surface area contributed by atoms with Crippen molar-refractivity contribution in [2.24, 2.45) is 0 Å². The highest BCUT2D eigenvalue weighted by Gasteiger charge is 2.24. The number of halogens is 1. The zero-order valence-electron chi connectivity index (χ0n) is 13.0. The van der Waals surface area contributed by atoms with Gasteiger partial charge in [0.1, 0.15) is 0 Å². The Morgan fingerprint density at radius 1 is 1.38 bits per heavy atom. The number of rotatable bonds is 5. The van der Waals surface area contributed by atoms with Gasteiger partial charge in [-0.2, -0.15) is 0 Å². The summed E-state index contributed by atoms with van der Waals surface area (Å²) >= 11 is 3.56. The fraction of sp³-hybridized carbons (Fsp3) is 0.562. The molecule has 2 rings (SSSR count). The van der Waals surface area contributed by atoms with E-state index in [0.717, 1.165) is 36.2 Å². The van der Waals surface area contributed by atoms with E-state index >= 15 is 0 Å². The van der Waals surface area contributed by atoms with Gasteiger partial charge >= 0.3 is 0 Å². The quantitative estimate of drug-likeness (QED) is 0.883. The third-order valence-corrected chi connectivity index (χ3v) is 4.45. The van der Waals surface area contributed by atoms with E-state index in [1.54, 1.807) is 4.90 Å². The van der Waals surface area contributed by atoms with Crippen LogP contribution in [0.15, 0.2) is 22.7 Å². The topological polar surface area (TPSA) is 35.6 Å². The Morgan fingerprint density at radius 3 is 2.81 bits per heavy atom. The molecule has 1 aromatic rings. The number of piperazine rings is 1. The van der Waals surface area contributed by atoms with Crippen LogP contribution in [0.2, 0.25) is 0 Å². The summed E-state index contributed by atoms with van der Waals surface area (Å²) in [5, 5.41) is 3.53. The van der Waals surface area contributed by atoms with Crippen molar-refractivity contribution in [3.8, 4) is 0 Å². The first-order valence-corrected chi connectivity index (χ1v) is 8.34. The van der Waals surface area contributed by atoms with Crippen LogP contribution in [-0.2, 0) is 4.79 Å². The first-order valence-electron chi connectivity index (χ1n) is 7.54. The molecule has 5 heteroatoms. The third kappa shape index (κ3) is 3.98. The summed E-state index contributed by atoms with van der Waals surface area (Å²) in [5.74, 6) is 0.185. The molecule has 1 aliphatic heterocycles. The second kappa shape index (κ2) is 7.27. The van der Waals surface area contributed by atoms with Crippen molar-refractivity contribution in [2.45, 2.75) is 26.3 Å². The first kappa shape index (κ1) is 16.3. The Bertz CT molecular complexity index is 506. The van der Waals surface area contributed by atoms with Gasteiger partial charge in [-0.25, -0.2) is 0 Å². The second-order valence-corrected chi connectivity index (χ2v) is 6.53. The Morgan fingerprint density at radius 2 is 2.14 bits per heavy atom. The molecule has 1 aromatic carbocycles. The number of nitrogens with zero attached hydrogens (tertiary/aromatic N) is 2. The van der Waals surface area contributed by atoms with Gasteiger partial charge in [0.15, 0.2) is 0 Å². The van der Waals surface area contributed by atoms with Gasteiger partial charge in [-0.1, -0.05) is 22.9 Å². The zero-order chi connectivity index (χ0) is 15.4. The number of hydrogen-bond donors (Lipinski definition) is 1. The van der Waals surface area contributed by atoms with Crippen LogP contribution in [0.25, 0.3) is 0 Å². The van der Waals surface area contributed by atoms with E-state index < -0.39 is 0 Å². The van der Waals surface area contributed by atoms with Crippen molar-refractivity contribution in [1.82, 2.24) is 10.2 Å². The molecule has 4 nitrogen and oxygen atoms in total. The lowest BCUT2D eigenvalue weighted by atomic mass is 10.0. The van der Waals surface area contributed by atoms with E-state index in [0.29, 0.717) is 6.54 Å². The molecular weight excluding hydrogens is 330 g/mol. The predicted molar refractivity (Wildman–Crippen MR) is 90.7 cm³/mol. The fourth-order valence-corrected chi connectivity index (χ4v) is 2.97. The molecule has 1 heterocycles. The molecule has 0 aromatic heterocycles. The molecule has 1 unspecified atom stereocenters. The molecule has 1 aliphatic rings. The van der Waals surface area contributed by atoms with Crippen LogP contribution in [0.1, 0.15) is 31.9 Å². The SMILES string of the molecule is CCCNC(C)c1cc(Br)ccc1N1CCN(C)C(=O)C1. The van der Waals surface area contributed by atoms with E-state index in [1.807, 2.05) is 13.1 Å². The van der Waals surface area contributed by atoms with Gasteiger partial charge in [-0.05, 0) is 43.7 Å². The van der Waals surface area contributed by atoms with Crippen LogP contribution in [0, 0.1) is 0 Å². The van der Waals surface area contributed by atoms with Crippen molar-refractivity contribution in [3.05, 3.63) is 28.2 Å². The van der Waals surface area contributed by atoms with Crippen LogP contribution < -0.4 is 10.2 Å². The number of nitrogens with one attached hydrogen (secondary N) is 1. The summed E-state index contributed by atoms with van der Waals surface area (Å²) in [7, 11) is 1.87. The largest absolute Gasteiger partial charge is 0.360 e. The van der Waals surface area contributed by atoms with Crippen molar-refractivity contribution in [1.29, 1.82) is 0 Å². The number of carbonyl (C=O) groups excluding carboxylic acids is 1. The summed E-state index contributed by atoms with van der Waals surface area (Å²) in [6, 6.07) is 6.59. The summed E-state index contributed by atoms with van der Waals surface area (Å²) in [6.07, 6.45) is 1.11. The molecule has 1 amide bonds. The highest BCUT2D eigenvalue weighted by molar-refractivity contribution is 9.10. The Labute approximate surface area is 135 Å². The second-order valence-electron chi connectivity index (χ2n) is 5.62. The minimum absolute atomic E-state index is 0.185. The molecule has 1 N–H and O–H groups in total. The number of hydrogen-bond acceptors (Lipinski definition) is 3. The van der Waals surface area contributed by atoms with Crippen LogP contribution in [0.3, 0.4) is 0 Å². The number of likely N-dealkylation sites (N-methyl/N-ethyl adjacent to an activating group) is 1. The van der Waals surface area contributed by atoms with E-state index in [-0.39, 0.29) is 11.9 Å². The molecule has 21 heavy (non-hydrogen) atoms. The first-order chi connectivity index (χ1) is 10.0. The average Bonchev–Trinajstić information content (AvgIpc) is 2.47. The molecule has 0 radical (unpaired) electrons. The fourth-order valence-electron chi connectivity index (χ4n) is 2.60. The molecule has 1 saturated heterocycles. The van der Waals surface area contributed by atoms with Crippen molar-refractivity contribution < 1.29 is 4.79 Å². The van der Waals surface area contributed by atoms with Gasteiger partial charge < -0.3 is 15.1 Å². The minimum atomic E-state index is 0.185. The smallest absolute Gasteiger partial charge is 0.241 e. The zero-order valence-corrected chi connectivity index (χ0v) is 14.6. The van der Waals surface area contributed by atoms with Crippen LogP contribution in [0.5, 0.6) is 0 Å². The summed E-state index contributed by atoms with van der Waals surface area (Å²) in [6.45, 7) is 7.47. The van der Waals surface area contributed by atoms with Gasteiger partial charge in [0, 0.05) is 36.3 Å². The van der Waals surface area contributed by atoms with Gasteiger partial charge in [-0.3, -0.25) is 4.79 Å². The molecule has 0 aliphatic carbocycles. The van der Waals surface area contributed by atoms with Crippen molar-refractivity contribution >= 4 is 27.5 Å². The van der Waals surface area contributed by atoms with E-state index in [1.165, 1.54) is 5.56 Å². The maximum absolute atomic E-state index is 12.0. The lowest BCUT2D eigenvalue weighted by Gasteiger charge is -2.35. The maximum atomic E-state index is 12.0. The summed E-state index contributed by atoms with van der Waals surface area (Å²) < 4.78 is 1.08. The predicted octanol–water partition coefficient (Wildman–Crippen LogP) is 2.79. The molecule has 116 valence electrons. The molecule has 0 spiro atoms. The number of amides is 1. The Balaban J connectivity index is 2.24. The van der Waals surface area contributed by atoms with Crippen LogP contribution in [-0.4, -0.2) is 44.0 Å². The lowest BCUT2D eigenvalue weighted by Crippen LogP contribution is -2.49. The van der Waals surface area contributed by atoms with E-state index in [2.05, 4.69) is 52.1 Å². The summed E-state index contributed by atoms with van der Waals surface area (Å²) in [4.78, 5) is 15.9. The maximum Gasteiger partial charge on any atom is 0.241 e. The van der Waals surface area contributed by atoms with E-state index in [4.69, 9.17) is 0 Å². The number of benzene rings is 1.